The number of aliphatic hydroxyl groups is 1. The predicted octanol–water partition coefficient (Wildman–Crippen LogP) is 4.19. The van der Waals surface area contributed by atoms with Crippen LogP contribution >= 0.6 is 0 Å². The zero-order chi connectivity index (χ0) is 15.7. The first-order valence-electron chi connectivity index (χ1n) is 8.97. The minimum Gasteiger partial charge on any atom is -0.392 e. The molecular weight excluding hydrogens is 272 g/mol. The van der Waals surface area contributed by atoms with E-state index in [1.54, 1.807) is 11.1 Å². The molecule has 4 atom stereocenters. The summed E-state index contributed by atoms with van der Waals surface area (Å²) in [6.45, 7) is 7.01. The molecule has 120 valence electrons. The molecule has 0 amide bonds. The van der Waals surface area contributed by atoms with Crippen molar-refractivity contribution in [1.82, 2.24) is 0 Å². The first-order chi connectivity index (χ1) is 10.3. The Kier molecular flexibility index (Phi) is 3.05. The van der Waals surface area contributed by atoms with Gasteiger partial charge >= 0.3 is 0 Å². The van der Waals surface area contributed by atoms with Crippen LogP contribution in [-0.4, -0.2) is 17.0 Å². The lowest BCUT2D eigenvalue weighted by Gasteiger charge is -2.54. The van der Waals surface area contributed by atoms with Crippen molar-refractivity contribution in [1.29, 1.82) is 0 Å². The van der Waals surface area contributed by atoms with Gasteiger partial charge in [0, 0.05) is 12.3 Å². The average molecular weight is 300 g/mol. The summed E-state index contributed by atoms with van der Waals surface area (Å²) in [6.07, 6.45) is 8.78. The van der Waals surface area contributed by atoms with Gasteiger partial charge in [-0.05, 0) is 61.3 Å². The van der Waals surface area contributed by atoms with Crippen LogP contribution in [0.4, 0.5) is 0 Å². The lowest BCUT2D eigenvalue weighted by atomic mass is 9.51. The third-order valence-electron chi connectivity index (χ3n) is 7.35. The maximum absolute atomic E-state index is 11.8. The highest BCUT2D eigenvalue weighted by Gasteiger charge is 2.54. The number of carbonyl (C=O) groups excluding carboxylic acids is 1. The number of allylic oxidation sites excluding steroid dienone is 3. The number of carbonyl (C=O) groups is 1. The van der Waals surface area contributed by atoms with Gasteiger partial charge in [-0.3, -0.25) is 4.79 Å². The normalized spacial score (nSPS) is 43.4. The third kappa shape index (κ3) is 1.86. The molecule has 22 heavy (non-hydrogen) atoms. The topological polar surface area (TPSA) is 37.3 Å². The van der Waals surface area contributed by atoms with Crippen LogP contribution in [0.3, 0.4) is 0 Å². The maximum atomic E-state index is 11.8. The van der Waals surface area contributed by atoms with Gasteiger partial charge in [-0.1, -0.05) is 37.5 Å². The van der Waals surface area contributed by atoms with Gasteiger partial charge in [0.25, 0.3) is 0 Å². The summed E-state index contributed by atoms with van der Waals surface area (Å²) >= 11 is 0. The van der Waals surface area contributed by atoms with Crippen molar-refractivity contribution in [2.24, 2.45) is 22.7 Å². The van der Waals surface area contributed by atoms with Crippen molar-refractivity contribution in [2.75, 3.05) is 0 Å². The lowest BCUT2D eigenvalue weighted by Crippen LogP contribution is -2.49. The number of rotatable bonds is 0. The van der Waals surface area contributed by atoms with E-state index < -0.39 is 0 Å². The Morgan fingerprint density at radius 3 is 2.68 bits per heavy atom. The van der Waals surface area contributed by atoms with Crippen molar-refractivity contribution in [2.45, 2.75) is 71.8 Å². The predicted molar refractivity (Wildman–Crippen MR) is 87.3 cm³/mol. The van der Waals surface area contributed by atoms with E-state index in [0.29, 0.717) is 18.3 Å². The summed E-state index contributed by atoms with van der Waals surface area (Å²) < 4.78 is 0. The molecule has 0 aromatic rings. The molecule has 4 aliphatic carbocycles. The van der Waals surface area contributed by atoms with E-state index in [1.165, 1.54) is 18.4 Å². The molecule has 2 nitrogen and oxygen atoms in total. The van der Waals surface area contributed by atoms with Crippen molar-refractivity contribution >= 4 is 5.78 Å². The van der Waals surface area contributed by atoms with Gasteiger partial charge in [0.1, 0.15) is 0 Å². The van der Waals surface area contributed by atoms with Crippen LogP contribution < -0.4 is 0 Å². The van der Waals surface area contributed by atoms with Crippen LogP contribution in [0.1, 0.15) is 65.7 Å². The summed E-state index contributed by atoms with van der Waals surface area (Å²) in [5, 5.41) is 11.0. The fourth-order valence-corrected chi connectivity index (χ4v) is 6.07. The molecule has 0 radical (unpaired) electrons. The molecule has 4 aliphatic rings. The zero-order valence-corrected chi connectivity index (χ0v) is 14.1. The van der Waals surface area contributed by atoms with Gasteiger partial charge < -0.3 is 5.11 Å². The van der Waals surface area contributed by atoms with E-state index in [1.807, 2.05) is 6.08 Å². The molecule has 0 spiro atoms. The Morgan fingerprint density at radius 2 is 1.91 bits per heavy atom. The molecular formula is C20H28O2. The molecule has 0 saturated heterocycles. The molecule has 0 heterocycles. The van der Waals surface area contributed by atoms with Gasteiger partial charge in [0.2, 0.25) is 0 Å². The van der Waals surface area contributed by atoms with Gasteiger partial charge in [-0.2, -0.15) is 0 Å². The Hall–Kier alpha value is -0.890. The SMILES string of the molecule is CC1(C)CCC2=C1C[C@H](O)[C@H]1[C@@H]2CCC2=CC(=O)CC[C@]21C. The molecule has 4 rings (SSSR count). The second kappa shape index (κ2) is 4.56. The van der Waals surface area contributed by atoms with Crippen LogP contribution in [0.15, 0.2) is 22.8 Å². The van der Waals surface area contributed by atoms with Crippen molar-refractivity contribution in [3.8, 4) is 0 Å². The van der Waals surface area contributed by atoms with Gasteiger partial charge in [-0.25, -0.2) is 0 Å². The first kappa shape index (κ1) is 14.7. The lowest BCUT2D eigenvalue weighted by molar-refractivity contribution is -0.117. The molecule has 1 fully saturated rings. The summed E-state index contributed by atoms with van der Waals surface area (Å²) in [4.78, 5) is 11.8. The first-order valence-corrected chi connectivity index (χ1v) is 8.97. The largest absolute Gasteiger partial charge is 0.392 e. The van der Waals surface area contributed by atoms with Gasteiger partial charge in [-0.15, -0.1) is 0 Å². The Morgan fingerprint density at radius 1 is 1.14 bits per heavy atom. The minimum atomic E-state index is -0.233. The van der Waals surface area contributed by atoms with E-state index in [9.17, 15) is 9.90 Å². The summed E-state index contributed by atoms with van der Waals surface area (Å²) in [5.41, 5.74) is 4.88. The quantitative estimate of drug-likeness (QED) is 0.681. The fourth-order valence-electron chi connectivity index (χ4n) is 6.07. The van der Waals surface area contributed by atoms with Gasteiger partial charge in [0.05, 0.1) is 6.10 Å². The molecule has 0 unspecified atom stereocenters. The average Bonchev–Trinajstić information content (AvgIpc) is 2.75. The smallest absolute Gasteiger partial charge is 0.155 e. The molecule has 0 aliphatic heterocycles. The number of hydrogen-bond donors (Lipinski definition) is 1. The van der Waals surface area contributed by atoms with Crippen LogP contribution in [0.2, 0.25) is 0 Å². The van der Waals surface area contributed by atoms with Crippen molar-refractivity contribution in [3.05, 3.63) is 22.8 Å². The summed E-state index contributed by atoms with van der Waals surface area (Å²) in [5.74, 6) is 1.17. The monoisotopic (exact) mass is 300 g/mol. The number of aliphatic hydroxyl groups excluding tert-OH is 1. The highest BCUT2D eigenvalue weighted by atomic mass is 16.3. The molecule has 0 bridgehead atoms. The molecule has 1 saturated carbocycles. The van der Waals surface area contributed by atoms with E-state index in [4.69, 9.17) is 0 Å². The second-order valence-corrected chi connectivity index (χ2v) is 8.88. The van der Waals surface area contributed by atoms with Crippen LogP contribution in [-0.2, 0) is 4.79 Å². The number of hydrogen-bond acceptors (Lipinski definition) is 2. The minimum absolute atomic E-state index is 0.0432. The van der Waals surface area contributed by atoms with E-state index in [-0.39, 0.29) is 22.7 Å². The highest BCUT2D eigenvalue weighted by molar-refractivity contribution is 5.91. The van der Waals surface area contributed by atoms with Crippen molar-refractivity contribution in [3.63, 3.8) is 0 Å². The molecule has 2 heteroatoms. The fraction of sp³-hybridized carbons (Fsp3) is 0.750. The Bertz CT molecular complexity index is 595. The van der Waals surface area contributed by atoms with Gasteiger partial charge in [0.15, 0.2) is 5.78 Å². The number of fused-ring (bicyclic) bond motifs is 4. The van der Waals surface area contributed by atoms with Crippen molar-refractivity contribution < 1.29 is 9.90 Å². The third-order valence-corrected chi connectivity index (χ3v) is 7.35. The number of ketones is 1. The summed E-state index contributed by atoms with van der Waals surface area (Å²) in [6, 6.07) is 0. The van der Waals surface area contributed by atoms with Crippen LogP contribution in [0.5, 0.6) is 0 Å². The Labute approximate surface area is 133 Å². The molecule has 0 aromatic heterocycles. The van der Waals surface area contributed by atoms with E-state index >= 15 is 0 Å². The molecule has 0 aromatic carbocycles. The molecule has 1 N–H and O–H groups in total. The van der Waals surface area contributed by atoms with E-state index in [2.05, 4.69) is 20.8 Å². The maximum Gasteiger partial charge on any atom is 0.155 e. The van der Waals surface area contributed by atoms with Crippen LogP contribution in [0.25, 0.3) is 0 Å². The summed E-state index contributed by atoms with van der Waals surface area (Å²) in [7, 11) is 0. The van der Waals surface area contributed by atoms with E-state index in [0.717, 1.165) is 25.7 Å². The standard InChI is InChI=1S/C20H28O2/c1-19(2)8-7-14-15-5-4-12-10-13(21)6-9-20(12,3)18(15)17(22)11-16(14)19/h10,15,17-18,22H,4-9,11H2,1-3H3/t15-,17+,18-,20-/m1/s1. The zero-order valence-electron chi connectivity index (χ0n) is 14.1. The van der Waals surface area contributed by atoms with Crippen LogP contribution in [0, 0.1) is 22.7 Å². The Balaban J connectivity index is 1.78. The highest BCUT2D eigenvalue weighted by Crippen LogP contribution is 2.62. The second-order valence-electron chi connectivity index (χ2n) is 8.88.